The normalized spacial score (nSPS) is 10.5. The van der Waals surface area contributed by atoms with E-state index in [0.717, 1.165) is 11.3 Å². The summed E-state index contributed by atoms with van der Waals surface area (Å²) in [6, 6.07) is 18.1. The highest BCUT2D eigenvalue weighted by Crippen LogP contribution is 2.41. The Morgan fingerprint density at radius 2 is 1.57 bits per heavy atom. The van der Waals surface area contributed by atoms with E-state index >= 15 is 0 Å². The monoisotopic (exact) mass is 475 g/mol. The fraction of sp³-hybridized carbons (Fsp3) is 0.192. The minimum Gasteiger partial charge on any atom is -0.497 e. The summed E-state index contributed by atoms with van der Waals surface area (Å²) in [5.74, 6) is 2.56. The minimum absolute atomic E-state index is 0.174. The van der Waals surface area contributed by atoms with E-state index in [4.69, 9.17) is 23.5 Å². The molecule has 4 rings (SSSR count). The van der Waals surface area contributed by atoms with Gasteiger partial charge in [-0.3, -0.25) is 4.79 Å². The first-order valence-corrected chi connectivity index (χ1v) is 10.7. The first kappa shape index (κ1) is 23.6. The standard InChI is InChI=1S/C26H25N3O6/c1-31-18-11-9-16(10-12-18)13-23(30)27-20-8-6-5-7-19(20)26-28-25(29-35-26)17-14-21(32-2)24(34-4)22(15-17)33-3/h5-12,14-15H,13H2,1-4H3,(H,27,30). The molecular weight excluding hydrogens is 450 g/mol. The van der Waals surface area contributed by atoms with Crippen LogP contribution in [0.25, 0.3) is 22.8 Å². The smallest absolute Gasteiger partial charge is 0.260 e. The number of methoxy groups -OCH3 is 4. The number of anilines is 1. The van der Waals surface area contributed by atoms with Gasteiger partial charge in [-0.25, -0.2) is 0 Å². The lowest BCUT2D eigenvalue weighted by atomic mass is 10.1. The van der Waals surface area contributed by atoms with Gasteiger partial charge in [0.15, 0.2) is 11.5 Å². The van der Waals surface area contributed by atoms with Gasteiger partial charge < -0.3 is 28.8 Å². The number of aromatic nitrogens is 2. The van der Waals surface area contributed by atoms with Crippen LogP contribution >= 0.6 is 0 Å². The van der Waals surface area contributed by atoms with Crippen molar-refractivity contribution in [3.05, 3.63) is 66.2 Å². The highest BCUT2D eigenvalue weighted by atomic mass is 16.5. The van der Waals surface area contributed by atoms with Gasteiger partial charge in [-0.15, -0.1) is 0 Å². The molecular formula is C26H25N3O6. The van der Waals surface area contributed by atoms with Crippen LogP contribution in [0, 0.1) is 0 Å². The number of hydrogen-bond acceptors (Lipinski definition) is 8. The fourth-order valence-electron chi connectivity index (χ4n) is 3.56. The maximum atomic E-state index is 12.7. The molecule has 0 bridgehead atoms. The number of ether oxygens (including phenoxy) is 4. The Kier molecular flexibility index (Phi) is 7.15. The van der Waals surface area contributed by atoms with Crippen LogP contribution in [0.3, 0.4) is 0 Å². The van der Waals surface area contributed by atoms with Crippen molar-refractivity contribution in [2.24, 2.45) is 0 Å². The van der Waals surface area contributed by atoms with Crippen molar-refractivity contribution in [2.75, 3.05) is 33.8 Å². The number of carbonyl (C=O) groups excluding carboxylic acids is 1. The van der Waals surface area contributed by atoms with Crippen LogP contribution in [0.2, 0.25) is 0 Å². The summed E-state index contributed by atoms with van der Waals surface area (Å²) in [4.78, 5) is 17.2. The topological polar surface area (TPSA) is 105 Å². The van der Waals surface area contributed by atoms with Gasteiger partial charge in [-0.05, 0) is 42.0 Å². The second kappa shape index (κ2) is 10.6. The molecule has 1 amide bonds. The van der Waals surface area contributed by atoms with E-state index in [2.05, 4.69) is 15.5 Å². The molecule has 0 fully saturated rings. The summed E-state index contributed by atoms with van der Waals surface area (Å²) in [6.07, 6.45) is 0.207. The van der Waals surface area contributed by atoms with Crippen molar-refractivity contribution in [3.8, 4) is 45.8 Å². The molecule has 1 heterocycles. The maximum Gasteiger partial charge on any atom is 0.260 e. The molecule has 0 saturated carbocycles. The summed E-state index contributed by atoms with van der Waals surface area (Å²) in [5.41, 5.74) is 2.65. The zero-order valence-corrected chi connectivity index (χ0v) is 19.8. The Morgan fingerprint density at radius 1 is 0.886 bits per heavy atom. The third kappa shape index (κ3) is 5.19. The van der Waals surface area contributed by atoms with E-state index in [1.54, 1.807) is 31.4 Å². The second-order valence-electron chi connectivity index (χ2n) is 7.46. The molecule has 0 saturated heterocycles. The van der Waals surface area contributed by atoms with E-state index in [9.17, 15) is 4.79 Å². The van der Waals surface area contributed by atoms with Gasteiger partial charge in [0, 0.05) is 5.56 Å². The van der Waals surface area contributed by atoms with Gasteiger partial charge in [0.1, 0.15) is 5.75 Å². The Morgan fingerprint density at radius 3 is 2.20 bits per heavy atom. The van der Waals surface area contributed by atoms with E-state index in [-0.39, 0.29) is 18.2 Å². The molecule has 35 heavy (non-hydrogen) atoms. The van der Waals surface area contributed by atoms with Gasteiger partial charge in [0.2, 0.25) is 17.5 Å². The van der Waals surface area contributed by atoms with E-state index in [1.165, 1.54) is 21.3 Å². The maximum absolute atomic E-state index is 12.7. The predicted molar refractivity (Wildman–Crippen MR) is 130 cm³/mol. The van der Waals surface area contributed by atoms with Gasteiger partial charge in [-0.1, -0.05) is 29.4 Å². The highest BCUT2D eigenvalue weighted by molar-refractivity contribution is 5.95. The van der Waals surface area contributed by atoms with E-state index in [0.29, 0.717) is 39.9 Å². The molecule has 0 aliphatic heterocycles. The van der Waals surface area contributed by atoms with Crippen LogP contribution in [-0.4, -0.2) is 44.5 Å². The van der Waals surface area contributed by atoms with Gasteiger partial charge >= 0.3 is 0 Å². The van der Waals surface area contributed by atoms with Crippen molar-refractivity contribution in [1.29, 1.82) is 0 Å². The van der Waals surface area contributed by atoms with E-state index in [1.807, 2.05) is 36.4 Å². The minimum atomic E-state index is -0.174. The molecule has 0 aliphatic rings. The van der Waals surface area contributed by atoms with Gasteiger partial charge in [0.05, 0.1) is 46.1 Å². The molecule has 0 unspecified atom stereocenters. The second-order valence-corrected chi connectivity index (χ2v) is 7.46. The van der Waals surface area contributed by atoms with Crippen LogP contribution in [0.5, 0.6) is 23.0 Å². The number of hydrogen-bond donors (Lipinski definition) is 1. The van der Waals surface area contributed by atoms with Crippen LogP contribution in [0.15, 0.2) is 65.2 Å². The average molecular weight is 476 g/mol. The van der Waals surface area contributed by atoms with Crippen molar-refractivity contribution < 1.29 is 28.3 Å². The summed E-state index contributed by atoms with van der Waals surface area (Å²) >= 11 is 0. The Bertz CT molecular complexity index is 1290. The van der Waals surface area contributed by atoms with Crippen LogP contribution in [-0.2, 0) is 11.2 Å². The molecule has 4 aromatic rings. The first-order chi connectivity index (χ1) is 17.1. The van der Waals surface area contributed by atoms with Crippen molar-refractivity contribution >= 4 is 11.6 Å². The lowest BCUT2D eigenvalue weighted by molar-refractivity contribution is -0.115. The number of carbonyl (C=O) groups is 1. The first-order valence-electron chi connectivity index (χ1n) is 10.7. The Labute approximate surface area is 202 Å². The molecule has 9 heteroatoms. The van der Waals surface area contributed by atoms with Crippen LogP contribution in [0.1, 0.15) is 5.56 Å². The lowest BCUT2D eigenvalue weighted by Crippen LogP contribution is -2.15. The summed E-state index contributed by atoms with van der Waals surface area (Å²) in [6.45, 7) is 0. The molecule has 3 aromatic carbocycles. The SMILES string of the molecule is COc1ccc(CC(=O)Nc2ccccc2-c2nc(-c3cc(OC)c(OC)c(OC)c3)no2)cc1. The molecule has 0 radical (unpaired) electrons. The highest BCUT2D eigenvalue weighted by Gasteiger charge is 2.19. The summed E-state index contributed by atoms with van der Waals surface area (Å²) in [5, 5.41) is 7.04. The molecule has 0 spiro atoms. The Hall–Kier alpha value is -4.53. The fourth-order valence-corrected chi connectivity index (χ4v) is 3.56. The summed E-state index contributed by atoms with van der Waals surface area (Å²) in [7, 11) is 6.21. The number of rotatable bonds is 9. The zero-order chi connectivity index (χ0) is 24.8. The molecule has 180 valence electrons. The van der Waals surface area contributed by atoms with E-state index < -0.39 is 0 Å². The van der Waals surface area contributed by atoms with Crippen LogP contribution < -0.4 is 24.3 Å². The molecule has 0 aliphatic carbocycles. The third-order valence-electron chi connectivity index (χ3n) is 5.30. The van der Waals surface area contributed by atoms with Crippen molar-refractivity contribution in [1.82, 2.24) is 10.1 Å². The quantitative estimate of drug-likeness (QED) is 0.374. The molecule has 0 atom stereocenters. The van der Waals surface area contributed by atoms with Crippen molar-refractivity contribution in [3.63, 3.8) is 0 Å². The molecule has 1 aromatic heterocycles. The third-order valence-corrected chi connectivity index (χ3v) is 5.30. The van der Waals surface area contributed by atoms with Gasteiger partial charge in [-0.2, -0.15) is 4.98 Å². The number of nitrogens with one attached hydrogen (secondary N) is 1. The lowest BCUT2D eigenvalue weighted by Gasteiger charge is -2.12. The predicted octanol–water partition coefficient (Wildman–Crippen LogP) is 4.62. The number of amides is 1. The van der Waals surface area contributed by atoms with Crippen molar-refractivity contribution in [2.45, 2.75) is 6.42 Å². The largest absolute Gasteiger partial charge is 0.497 e. The number of para-hydroxylation sites is 1. The number of benzene rings is 3. The Balaban J connectivity index is 1.58. The zero-order valence-electron chi connectivity index (χ0n) is 19.8. The molecule has 9 nitrogen and oxygen atoms in total. The summed E-state index contributed by atoms with van der Waals surface area (Å²) < 4.78 is 26.9. The van der Waals surface area contributed by atoms with Crippen LogP contribution in [0.4, 0.5) is 5.69 Å². The average Bonchev–Trinajstić information content (AvgIpc) is 3.38. The van der Waals surface area contributed by atoms with Gasteiger partial charge in [0.25, 0.3) is 5.89 Å². The molecule has 1 N–H and O–H groups in total. The number of nitrogens with zero attached hydrogens (tertiary/aromatic N) is 2.